The molecule has 29 heavy (non-hydrogen) atoms. The van der Waals surface area contributed by atoms with Crippen molar-refractivity contribution in [2.45, 2.75) is 6.92 Å². The van der Waals surface area contributed by atoms with Crippen molar-refractivity contribution in [1.29, 1.82) is 0 Å². The van der Waals surface area contributed by atoms with Gasteiger partial charge in [-0.25, -0.2) is 4.98 Å². The van der Waals surface area contributed by atoms with Gasteiger partial charge >= 0.3 is 0 Å². The second kappa shape index (κ2) is 7.47. The molecule has 6 nitrogen and oxygen atoms in total. The fraction of sp³-hybridized carbons (Fsp3) is 0.217. The Balaban J connectivity index is 1.26. The number of hydrogen-bond acceptors (Lipinski definition) is 6. The van der Waals surface area contributed by atoms with Gasteiger partial charge in [-0.3, -0.25) is 4.98 Å². The Morgan fingerprint density at radius 1 is 0.690 bits per heavy atom. The molecule has 0 atom stereocenters. The van der Waals surface area contributed by atoms with E-state index in [0.717, 1.165) is 60.1 Å². The monoisotopic (exact) mass is 382 g/mol. The van der Waals surface area contributed by atoms with Crippen molar-refractivity contribution in [3.05, 3.63) is 72.4 Å². The Morgan fingerprint density at radius 2 is 1.38 bits per heavy atom. The number of anilines is 2. The molecule has 0 spiro atoms. The first-order valence-corrected chi connectivity index (χ1v) is 9.89. The average molecular weight is 382 g/mol. The normalized spacial score (nSPS) is 14.4. The van der Waals surface area contributed by atoms with E-state index in [-0.39, 0.29) is 0 Å². The molecule has 1 aliphatic rings. The molecule has 0 amide bonds. The number of aryl methyl sites for hydroxylation is 1. The number of piperazine rings is 1. The molecule has 4 aromatic rings. The van der Waals surface area contributed by atoms with Gasteiger partial charge in [0.2, 0.25) is 0 Å². The van der Waals surface area contributed by atoms with Crippen LogP contribution in [0.4, 0.5) is 11.6 Å². The van der Waals surface area contributed by atoms with Crippen LogP contribution in [0.3, 0.4) is 0 Å². The van der Waals surface area contributed by atoms with Crippen LogP contribution < -0.4 is 9.80 Å². The van der Waals surface area contributed by atoms with Crippen molar-refractivity contribution >= 4 is 22.7 Å². The number of rotatable bonds is 3. The minimum Gasteiger partial charge on any atom is -0.352 e. The highest BCUT2D eigenvalue weighted by Gasteiger charge is 2.20. The van der Waals surface area contributed by atoms with E-state index in [9.17, 15) is 0 Å². The van der Waals surface area contributed by atoms with Crippen LogP contribution in [0.25, 0.3) is 22.3 Å². The maximum Gasteiger partial charge on any atom is 0.151 e. The van der Waals surface area contributed by atoms with E-state index in [1.165, 1.54) is 5.56 Å². The van der Waals surface area contributed by atoms with Gasteiger partial charge in [0.1, 0.15) is 5.82 Å². The highest BCUT2D eigenvalue weighted by atomic mass is 15.3. The largest absolute Gasteiger partial charge is 0.352 e. The Hall–Kier alpha value is -3.54. The number of benzene rings is 2. The number of fused-ring (bicyclic) bond motifs is 1. The Morgan fingerprint density at radius 3 is 2.07 bits per heavy atom. The number of para-hydroxylation sites is 2. The lowest BCUT2D eigenvalue weighted by Gasteiger charge is -2.35. The maximum atomic E-state index is 4.76. The third kappa shape index (κ3) is 3.61. The number of aromatic nitrogens is 4. The molecule has 0 radical (unpaired) electrons. The van der Waals surface area contributed by atoms with E-state index in [1.54, 1.807) is 0 Å². The second-order valence-electron chi connectivity index (χ2n) is 7.33. The zero-order valence-electron chi connectivity index (χ0n) is 16.4. The van der Waals surface area contributed by atoms with E-state index in [1.807, 2.05) is 36.5 Å². The SMILES string of the molecule is Cc1ccc(-c2ccc(N3CCN(c4cnc5ccccc5n4)CC3)nn2)cc1. The molecule has 5 rings (SSSR count). The molecule has 0 unspecified atom stereocenters. The summed E-state index contributed by atoms with van der Waals surface area (Å²) in [4.78, 5) is 13.9. The summed E-state index contributed by atoms with van der Waals surface area (Å²) in [6.07, 6.45) is 1.87. The van der Waals surface area contributed by atoms with Crippen LogP contribution in [-0.2, 0) is 0 Å². The van der Waals surface area contributed by atoms with Crippen molar-refractivity contribution in [2.24, 2.45) is 0 Å². The third-order valence-electron chi connectivity index (χ3n) is 5.36. The summed E-state index contributed by atoms with van der Waals surface area (Å²) in [5.41, 5.74) is 5.10. The van der Waals surface area contributed by atoms with E-state index in [4.69, 9.17) is 4.98 Å². The minimum absolute atomic E-state index is 0.882. The van der Waals surface area contributed by atoms with Gasteiger partial charge in [-0.05, 0) is 31.2 Å². The second-order valence-corrected chi connectivity index (χ2v) is 7.33. The molecule has 2 aromatic carbocycles. The maximum absolute atomic E-state index is 4.76. The van der Waals surface area contributed by atoms with Gasteiger partial charge in [-0.15, -0.1) is 10.2 Å². The molecule has 0 saturated carbocycles. The van der Waals surface area contributed by atoms with Gasteiger partial charge < -0.3 is 9.80 Å². The molecule has 6 heteroatoms. The van der Waals surface area contributed by atoms with Gasteiger partial charge in [0.25, 0.3) is 0 Å². The molecule has 1 saturated heterocycles. The topological polar surface area (TPSA) is 58.0 Å². The summed E-state index contributed by atoms with van der Waals surface area (Å²) in [5, 5.41) is 8.91. The van der Waals surface area contributed by atoms with Crippen LogP contribution in [0, 0.1) is 6.92 Å². The molecule has 144 valence electrons. The Kier molecular flexibility index (Phi) is 4.52. The van der Waals surface area contributed by atoms with E-state index >= 15 is 0 Å². The predicted octanol–water partition coefficient (Wildman–Crippen LogP) is 3.72. The molecule has 3 heterocycles. The van der Waals surface area contributed by atoms with Gasteiger partial charge in [0.15, 0.2) is 5.82 Å². The first kappa shape index (κ1) is 17.6. The van der Waals surface area contributed by atoms with Crippen LogP contribution in [0.2, 0.25) is 0 Å². The van der Waals surface area contributed by atoms with Crippen LogP contribution in [0.1, 0.15) is 5.56 Å². The minimum atomic E-state index is 0.882. The van der Waals surface area contributed by atoms with Crippen molar-refractivity contribution in [1.82, 2.24) is 20.2 Å². The molecule has 1 fully saturated rings. The standard InChI is InChI=1S/C23H22N6/c1-17-6-8-18(9-7-17)19-10-11-22(27-26-19)28-12-14-29(15-13-28)23-16-24-20-4-2-3-5-21(20)25-23/h2-11,16H,12-15H2,1H3. The summed E-state index contributed by atoms with van der Waals surface area (Å²) in [6, 6.07) is 20.5. The lowest BCUT2D eigenvalue weighted by molar-refractivity contribution is 0.638. The summed E-state index contributed by atoms with van der Waals surface area (Å²) in [7, 11) is 0. The van der Waals surface area contributed by atoms with Crippen LogP contribution >= 0.6 is 0 Å². The van der Waals surface area contributed by atoms with Crippen molar-refractivity contribution < 1.29 is 0 Å². The first-order valence-electron chi connectivity index (χ1n) is 9.89. The molecular weight excluding hydrogens is 360 g/mol. The fourth-order valence-corrected chi connectivity index (χ4v) is 3.64. The van der Waals surface area contributed by atoms with Crippen LogP contribution in [0.15, 0.2) is 66.9 Å². The van der Waals surface area contributed by atoms with Crippen molar-refractivity contribution in [3.8, 4) is 11.3 Å². The zero-order chi connectivity index (χ0) is 19.6. The fourth-order valence-electron chi connectivity index (χ4n) is 3.64. The summed E-state index contributed by atoms with van der Waals surface area (Å²) < 4.78 is 0. The quantitative estimate of drug-likeness (QED) is 0.538. The summed E-state index contributed by atoms with van der Waals surface area (Å²) in [5.74, 6) is 1.86. The molecule has 0 N–H and O–H groups in total. The van der Waals surface area contributed by atoms with Gasteiger partial charge in [-0.2, -0.15) is 0 Å². The van der Waals surface area contributed by atoms with E-state index < -0.39 is 0 Å². The predicted molar refractivity (Wildman–Crippen MR) is 116 cm³/mol. The zero-order valence-corrected chi connectivity index (χ0v) is 16.4. The van der Waals surface area contributed by atoms with Crippen LogP contribution in [0.5, 0.6) is 0 Å². The summed E-state index contributed by atoms with van der Waals surface area (Å²) in [6.45, 7) is 5.62. The number of nitrogens with zero attached hydrogens (tertiary/aromatic N) is 6. The average Bonchev–Trinajstić information content (AvgIpc) is 2.79. The lowest BCUT2D eigenvalue weighted by atomic mass is 10.1. The molecule has 0 bridgehead atoms. The third-order valence-corrected chi connectivity index (χ3v) is 5.36. The highest BCUT2D eigenvalue weighted by Crippen LogP contribution is 2.21. The van der Waals surface area contributed by atoms with Gasteiger partial charge in [0.05, 0.1) is 22.9 Å². The Labute approximate surface area is 169 Å². The van der Waals surface area contributed by atoms with E-state index in [2.05, 4.69) is 62.2 Å². The summed E-state index contributed by atoms with van der Waals surface area (Å²) >= 11 is 0. The van der Waals surface area contributed by atoms with Crippen molar-refractivity contribution in [3.63, 3.8) is 0 Å². The van der Waals surface area contributed by atoms with Gasteiger partial charge in [-0.1, -0.05) is 42.0 Å². The molecule has 2 aromatic heterocycles. The van der Waals surface area contributed by atoms with E-state index in [0.29, 0.717) is 0 Å². The van der Waals surface area contributed by atoms with Crippen LogP contribution in [-0.4, -0.2) is 46.3 Å². The highest BCUT2D eigenvalue weighted by molar-refractivity contribution is 5.75. The molecule has 0 aliphatic carbocycles. The van der Waals surface area contributed by atoms with Gasteiger partial charge in [0, 0.05) is 31.7 Å². The molecule has 1 aliphatic heterocycles. The molecular formula is C23H22N6. The smallest absolute Gasteiger partial charge is 0.151 e. The lowest BCUT2D eigenvalue weighted by Crippen LogP contribution is -2.47. The first-order chi connectivity index (χ1) is 14.3. The number of hydrogen-bond donors (Lipinski definition) is 0. The van der Waals surface area contributed by atoms with Crippen molar-refractivity contribution in [2.75, 3.05) is 36.0 Å². The Bertz CT molecular complexity index is 1120.